The van der Waals surface area contributed by atoms with E-state index < -0.39 is 5.97 Å². The highest BCUT2D eigenvalue weighted by molar-refractivity contribution is 6.01. The lowest BCUT2D eigenvalue weighted by Gasteiger charge is -2.18. The van der Waals surface area contributed by atoms with Gasteiger partial charge in [-0.15, -0.1) is 0 Å². The number of nitrogens with zero attached hydrogens (tertiary/aromatic N) is 1. The Morgan fingerprint density at radius 2 is 1.72 bits per heavy atom. The molecule has 0 aliphatic heterocycles. The van der Waals surface area contributed by atoms with E-state index in [-0.39, 0.29) is 18.4 Å². The first-order valence-electron chi connectivity index (χ1n) is 9.69. The molecule has 150 valence electrons. The van der Waals surface area contributed by atoms with Crippen LogP contribution in [0.25, 0.3) is 11.3 Å². The van der Waals surface area contributed by atoms with Crippen molar-refractivity contribution in [2.24, 2.45) is 0 Å². The summed E-state index contributed by atoms with van der Waals surface area (Å²) in [6.07, 6.45) is 1.39. The van der Waals surface area contributed by atoms with Gasteiger partial charge >= 0.3 is 5.97 Å². The molecular formula is C23H24N2O4. The molecule has 0 saturated carbocycles. The van der Waals surface area contributed by atoms with E-state index in [2.05, 4.69) is 10.5 Å². The van der Waals surface area contributed by atoms with Crippen LogP contribution in [0.1, 0.15) is 41.4 Å². The molecule has 29 heavy (non-hydrogen) atoms. The lowest BCUT2D eigenvalue weighted by molar-refractivity contribution is -0.137. The summed E-state index contributed by atoms with van der Waals surface area (Å²) < 4.78 is 5.41. The molecule has 0 aliphatic carbocycles. The Bertz CT molecular complexity index is 952. The van der Waals surface area contributed by atoms with E-state index in [9.17, 15) is 9.59 Å². The highest BCUT2D eigenvalue weighted by atomic mass is 16.5. The molecule has 0 fully saturated rings. The minimum atomic E-state index is -0.887. The Labute approximate surface area is 169 Å². The zero-order valence-corrected chi connectivity index (χ0v) is 16.3. The van der Waals surface area contributed by atoms with Crippen LogP contribution in [0.15, 0.2) is 65.2 Å². The third-order valence-corrected chi connectivity index (χ3v) is 4.72. The van der Waals surface area contributed by atoms with Gasteiger partial charge in [-0.05, 0) is 18.4 Å². The van der Waals surface area contributed by atoms with E-state index in [1.54, 1.807) is 0 Å². The minimum absolute atomic E-state index is 0.0202. The van der Waals surface area contributed by atoms with Crippen LogP contribution in [0.5, 0.6) is 0 Å². The molecule has 2 aromatic carbocycles. The highest BCUT2D eigenvalue weighted by Gasteiger charge is 2.25. The summed E-state index contributed by atoms with van der Waals surface area (Å²) in [7, 11) is 0. The zero-order valence-electron chi connectivity index (χ0n) is 16.3. The van der Waals surface area contributed by atoms with Gasteiger partial charge in [0.1, 0.15) is 17.0 Å². The zero-order chi connectivity index (χ0) is 20.6. The van der Waals surface area contributed by atoms with Crippen LogP contribution < -0.4 is 5.32 Å². The number of carbonyl (C=O) groups excluding carboxylic acids is 1. The Hall–Kier alpha value is -3.41. The standard InChI is InChI=1S/C23H24N2O4/c1-2-19-21(22(25-29-19)17-11-7-4-8-12-17)23(28)24-18(13-14-20(26)27)15-16-9-5-3-6-10-16/h3-12,18H,2,13-15H2,1H3,(H,24,28)(H,26,27). The highest BCUT2D eigenvalue weighted by Crippen LogP contribution is 2.26. The van der Waals surface area contributed by atoms with Crippen molar-refractivity contribution in [3.63, 3.8) is 0 Å². The number of carboxylic acid groups (broad SMARTS) is 1. The lowest BCUT2D eigenvalue weighted by Crippen LogP contribution is -2.37. The van der Waals surface area contributed by atoms with Crippen molar-refractivity contribution in [1.29, 1.82) is 0 Å². The number of carbonyl (C=O) groups is 2. The summed E-state index contributed by atoms with van der Waals surface area (Å²) in [5, 5.41) is 16.2. The normalized spacial score (nSPS) is 11.8. The van der Waals surface area contributed by atoms with Crippen LogP contribution >= 0.6 is 0 Å². The minimum Gasteiger partial charge on any atom is -0.481 e. The van der Waals surface area contributed by atoms with Crippen LogP contribution in [0.3, 0.4) is 0 Å². The number of hydrogen-bond acceptors (Lipinski definition) is 4. The van der Waals surface area contributed by atoms with Crippen molar-refractivity contribution in [2.75, 3.05) is 0 Å². The van der Waals surface area contributed by atoms with Crippen LogP contribution in [0, 0.1) is 0 Å². The molecule has 0 aliphatic rings. The second-order valence-corrected chi connectivity index (χ2v) is 6.84. The van der Waals surface area contributed by atoms with Crippen LogP contribution in [-0.4, -0.2) is 28.2 Å². The fourth-order valence-corrected chi connectivity index (χ4v) is 3.27. The third-order valence-electron chi connectivity index (χ3n) is 4.72. The van der Waals surface area contributed by atoms with Gasteiger partial charge < -0.3 is 14.9 Å². The number of aliphatic carboxylic acids is 1. The molecule has 6 heteroatoms. The average molecular weight is 392 g/mol. The molecular weight excluding hydrogens is 368 g/mol. The van der Waals surface area contributed by atoms with Gasteiger partial charge in [0, 0.05) is 24.4 Å². The van der Waals surface area contributed by atoms with Gasteiger partial charge in [0.25, 0.3) is 5.91 Å². The Morgan fingerprint density at radius 1 is 1.07 bits per heavy atom. The molecule has 1 atom stereocenters. The van der Waals surface area contributed by atoms with E-state index in [1.807, 2.05) is 67.6 Å². The first-order valence-corrected chi connectivity index (χ1v) is 9.69. The lowest BCUT2D eigenvalue weighted by atomic mass is 10.00. The number of benzene rings is 2. The maximum Gasteiger partial charge on any atom is 0.303 e. The second-order valence-electron chi connectivity index (χ2n) is 6.84. The van der Waals surface area contributed by atoms with Gasteiger partial charge in [-0.2, -0.15) is 0 Å². The summed E-state index contributed by atoms with van der Waals surface area (Å²) in [5.41, 5.74) is 2.74. The van der Waals surface area contributed by atoms with Gasteiger partial charge in [-0.3, -0.25) is 9.59 Å². The molecule has 1 heterocycles. The van der Waals surface area contributed by atoms with Crippen LogP contribution in [-0.2, 0) is 17.6 Å². The largest absolute Gasteiger partial charge is 0.481 e. The predicted molar refractivity (Wildman–Crippen MR) is 110 cm³/mol. The summed E-state index contributed by atoms with van der Waals surface area (Å²) in [6, 6.07) is 18.8. The van der Waals surface area contributed by atoms with Gasteiger partial charge in [0.05, 0.1) is 0 Å². The Balaban J connectivity index is 1.85. The van der Waals surface area contributed by atoms with Gasteiger partial charge in [-0.25, -0.2) is 0 Å². The smallest absolute Gasteiger partial charge is 0.303 e. The number of rotatable bonds is 9. The van der Waals surface area contributed by atoms with Gasteiger partial charge in [0.2, 0.25) is 0 Å². The molecule has 0 bridgehead atoms. The van der Waals surface area contributed by atoms with Crippen LogP contribution in [0.4, 0.5) is 0 Å². The maximum atomic E-state index is 13.2. The maximum absolute atomic E-state index is 13.2. The first kappa shape index (κ1) is 20.3. The van der Waals surface area contributed by atoms with Crippen molar-refractivity contribution in [3.8, 4) is 11.3 Å². The summed E-state index contributed by atoms with van der Waals surface area (Å²) in [5.74, 6) is -0.673. The summed E-state index contributed by atoms with van der Waals surface area (Å²) >= 11 is 0. The molecule has 1 unspecified atom stereocenters. The summed E-state index contributed by atoms with van der Waals surface area (Å²) in [6.45, 7) is 1.90. The molecule has 0 spiro atoms. The molecule has 0 radical (unpaired) electrons. The van der Waals surface area contributed by atoms with Gasteiger partial charge in [0.15, 0.2) is 0 Å². The quantitative estimate of drug-likeness (QED) is 0.572. The van der Waals surface area contributed by atoms with Crippen molar-refractivity contribution in [3.05, 3.63) is 77.6 Å². The number of aryl methyl sites for hydroxylation is 1. The van der Waals surface area contributed by atoms with Gasteiger partial charge in [-0.1, -0.05) is 72.7 Å². The molecule has 0 saturated heterocycles. The molecule has 2 N–H and O–H groups in total. The number of amides is 1. The van der Waals surface area contributed by atoms with Crippen molar-refractivity contribution in [1.82, 2.24) is 10.5 Å². The number of nitrogens with one attached hydrogen (secondary N) is 1. The van der Waals surface area contributed by atoms with E-state index in [1.165, 1.54) is 0 Å². The van der Waals surface area contributed by atoms with Crippen LogP contribution in [0.2, 0.25) is 0 Å². The second kappa shape index (κ2) is 9.68. The molecule has 3 aromatic rings. The van der Waals surface area contributed by atoms with E-state index in [4.69, 9.17) is 9.63 Å². The SMILES string of the molecule is CCc1onc(-c2ccccc2)c1C(=O)NC(CCC(=O)O)Cc1ccccc1. The van der Waals surface area contributed by atoms with E-state index >= 15 is 0 Å². The van der Waals surface area contributed by atoms with Crippen molar-refractivity contribution in [2.45, 2.75) is 38.6 Å². The predicted octanol–water partition coefficient (Wildman–Crippen LogP) is 4.11. The van der Waals surface area contributed by atoms with Crippen molar-refractivity contribution >= 4 is 11.9 Å². The molecule has 1 amide bonds. The Morgan fingerprint density at radius 3 is 2.34 bits per heavy atom. The number of hydrogen-bond donors (Lipinski definition) is 2. The summed E-state index contributed by atoms with van der Waals surface area (Å²) in [4.78, 5) is 24.2. The fourth-order valence-electron chi connectivity index (χ4n) is 3.27. The Kier molecular flexibility index (Phi) is 6.79. The number of aromatic nitrogens is 1. The fraction of sp³-hybridized carbons (Fsp3) is 0.261. The molecule has 1 aromatic heterocycles. The average Bonchev–Trinajstić information content (AvgIpc) is 3.17. The molecule has 6 nitrogen and oxygen atoms in total. The monoisotopic (exact) mass is 392 g/mol. The van der Waals surface area contributed by atoms with Crippen molar-refractivity contribution < 1.29 is 19.2 Å². The van der Waals surface area contributed by atoms with E-state index in [0.29, 0.717) is 36.3 Å². The molecule has 3 rings (SSSR count). The van der Waals surface area contributed by atoms with E-state index in [0.717, 1.165) is 11.1 Å². The topological polar surface area (TPSA) is 92.4 Å². The third kappa shape index (κ3) is 5.31. The number of carboxylic acids is 1. The first-order chi connectivity index (χ1) is 14.1.